The fourth-order valence-electron chi connectivity index (χ4n) is 2.38. The molecule has 3 aromatic rings. The maximum atomic E-state index is 12.5. The minimum atomic E-state index is -0.361. The van der Waals surface area contributed by atoms with Gasteiger partial charge in [-0.25, -0.2) is 4.98 Å². The average molecular weight is 359 g/mol. The molecule has 0 fully saturated rings. The molecule has 0 saturated heterocycles. The van der Waals surface area contributed by atoms with Crippen LogP contribution in [0.4, 0.5) is 0 Å². The smallest absolute Gasteiger partial charge is 0.260 e. The molecule has 0 unspecified atom stereocenters. The molecule has 0 radical (unpaired) electrons. The predicted molar refractivity (Wildman–Crippen MR) is 99.6 cm³/mol. The van der Waals surface area contributed by atoms with Crippen molar-refractivity contribution >= 4 is 39.2 Å². The molecule has 24 heavy (non-hydrogen) atoms. The van der Waals surface area contributed by atoms with E-state index in [4.69, 9.17) is 5.73 Å². The zero-order chi connectivity index (χ0) is 17.1. The third-order valence-electron chi connectivity index (χ3n) is 3.68. The lowest BCUT2D eigenvalue weighted by molar-refractivity contribution is -0.117. The summed E-state index contributed by atoms with van der Waals surface area (Å²) in [5.41, 5.74) is 8.15. The zero-order valence-electron chi connectivity index (χ0n) is 13.2. The van der Waals surface area contributed by atoms with E-state index in [0.29, 0.717) is 21.1 Å². The summed E-state index contributed by atoms with van der Waals surface area (Å²) in [6.45, 7) is 2.11. The fraction of sp³-hybridized carbons (Fsp3) is 0.235. The summed E-state index contributed by atoms with van der Waals surface area (Å²) in [5, 5.41) is 3.10. The van der Waals surface area contributed by atoms with Crippen LogP contribution in [0.15, 0.2) is 39.6 Å². The number of rotatable bonds is 6. The number of aromatic nitrogens is 2. The summed E-state index contributed by atoms with van der Waals surface area (Å²) < 4.78 is 0. The molecule has 0 spiro atoms. The molecule has 0 aliphatic rings. The second-order valence-electron chi connectivity index (χ2n) is 5.32. The van der Waals surface area contributed by atoms with Gasteiger partial charge in [-0.2, -0.15) is 0 Å². The van der Waals surface area contributed by atoms with Crippen molar-refractivity contribution < 1.29 is 4.79 Å². The molecule has 3 rings (SSSR count). The molecule has 2 aromatic heterocycles. The Morgan fingerprint density at radius 1 is 1.33 bits per heavy atom. The summed E-state index contributed by atoms with van der Waals surface area (Å²) in [6.07, 6.45) is 1.24. The molecule has 5 nitrogen and oxygen atoms in total. The van der Waals surface area contributed by atoms with Crippen molar-refractivity contribution in [2.24, 2.45) is 5.73 Å². The largest absolute Gasteiger partial charge is 0.370 e. The van der Waals surface area contributed by atoms with Gasteiger partial charge in [-0.1, -0.05) is 43.0 Å². The first kappa shape index (κ1) is 16.7. The van der Waals surface area contributed by atoms with Gasteiger partial charge in [0, 0.05) is 23.1 Å². The lowest BCUT2D eigenvalue weighted by Crippen LogP contribution is -2.12. The fourth-order valence-corrected chi connectivity index (χ4v) is 4.20. The van der Waals surface area contributed by atoms with Crippen molar-refractivity contribution in [2.75, 3.05) is 5.75 Å². The minimum Gasteiger partial charge on any atom is -0.370 e. The number of H-pyrrole nitrogens is 1. The molecule has 0 saturated carbocycles. The predicted octanol–water partition coefficient (Wildman–Crippen LogP) is 3.18. The molecule has 3 N–H and O–H groups in total. The third-order valence-corrected chi connectivity index (χ3v) is 5.43. The number of benzene rings is 1. The van der Waals surface area contributed by atoms with Crippen LogP contribution in [-0.2, 0) is 11.2 Å². The van der Waals surface area contributed by atoms with Gasteiger partial charge in [0.2, 0.25) is 5.91 Å². The highest BCUT2D eigenvalue weighted by molar-refractivity contribution is 7.99. The van der Waals surface area contributed by atoms with Gasteiger partial charge >= 0.3 is 0 Å². The molecule has 7 heteroatoms. The number of primary amides is 1. The second kappa shape index (κ2) is 7.19. The van der Waals surface area contributed by atoms with E-state index in [0.717, 1.165) is 17.5 Å². The number of nitrogens with zero attached hydrogens (tertiary/aromatic N) is 1. The number of hydrogen-bond donors (Lipinski definition) is 2. The first-order valence-electron chi connectivity index (χ1n) is 7.60. The molecular weight excluding hydrogens is 342 g/mol. The van der Waals surface area contributed by atoms with E-state index < -0.39 is 0 Å². The molecule has 1 aromatic carbocycles. The average Bonchev–Trinajstić information content (AvgIpc) is 2.99. The Morgan fingerprint density at radius 3 is 2.75 bits per heavy atom. The molecular formula is C17H17N3O2S2. The van der Waals surface area contributed by atoms with Gasteiger partial charge in [-0.3, -0.25) is 9.59 Å². The first-order valence-corrected chi connectivity index (χ1v) is 9.47. The summed E-state index contributed by atoms with van der Waals surface area (Å²) in [6, 6.07) is 8.23. The van der Waals surface area contributed by atoms with Crippen LogP contribution in [0, 0.1) is 0 Å². The standard InChI is InChI=1S/C17H17N3O2S2/c1-2-10-3-5-11(6-4-10)12-9-24-16-14(12)15(22)19-17(20-16)23-8-7-13(18)21/h3-6,9H,2,7-8H2,1H3,(H2,18,21)(H,19,20,22). The number of fused-ring (bicyclic) bond motifs is 1. The van der Waals surface area contributed by atoms with Gasteiger partial charge in [-0.15, -0.1) is 11.3 Å². The Morgan fingerprint density at radius 2 is 2.08 bits per heavy atom. The number of carbonyl (C=O) groups excluding carboxylic acids is 1. The summed E-state index contributed by atoms with van der Waals surface area (Å²) in [7, 11) is 0. The number of nitrogens with one attached hydrogen (secondary N) is 1. The second-order valence-corrected chi connectivity index (χ2v) is 7.26. The highest BCUT2D eigenvalue weighted by atomic mass is 32.2. The molecule has 0 aliphatic heterocycles. The van der Waals surface area contributed by atoms with E-state index >= 15 is 0 Å². The lowest BCUT2D eigenvalue weighted by atomic mass is 10.0. The number of aromatic amines is 1. The van der Waals surface area contributed by atoms with E-state index in [1.54, 1.807) is 0 Å². The summed E-state index contributed by atoms with van der Waals surface area (Å²) in [5.74, 6) is 0.139. The molecule has 0 atom stereocenters. The summed E-state index contributed by atoms with van der Waals surface area (Å²) >= 11 is 2.78. The molecule has 0 aliphatic carbocycles. The van der Waals surface area contributed by atoms with E-state index in [-0.39, 0.29) is 17.9 Å². The Balaban J connectivity index is 1.94. The Labute approximate surface area is 147 Å². The van der Waals surface area contributed by atoms with Gasteiger partial charge in [0.25, 0.3) is 5.56 Å². The van der Waals surface area contributed by atoms with E-state index in [1.165, 1.54) is 28.7 Å². The van der Waals surface area contributed by atoms with E-state index in [2.05, 4.69) is 29.0 Å². The maximum absolute atomic E-state index is 12.5. The van der Waals surface area contributed by atoms with Crippen molar-refractivity contribution in [3.8, 4) is 11.1 Å². The van der Waals surface area contributed by atoms with Crippen LogP contribution in [0.2, 0.25) is 0 Å². The number of nitrogens with two attached hydrogens (primary N) is 1. The monoisotopic (exact) mass is 359 g/mol. The van der Waals surface area contributed by atoms with Gasteiger partial charge in [0.05, 0.1) is 5.39 Å². The molecule has 0 bridgehead atoms. The van der Waals surface area contributed by atoms with Crippen LogP contribution in [0.1, 0.15) is 18.9 Å². The van der Waals surface area contributed by atoms with Gasteiger partial charge in [0.15, 0.2) is 5.16 Å². The number of aryl methyl sites for hydroxylation is 1. The number of thiophene rings is 1. The highest BCUT2D eigenvalue weighted by Gasteiger charge is 2.13. The molecule has 2 heterocycles. The van der Waals surface area contributed by atoms with Gasteiger partial charge in [-0.05, 0) is 17.5 Å². The van der Waals surface area contributed by atoms with E-state index in [9.17, 15) is 9.59 Å². The minimum absolute atomic E-state index is 0.155. The van der Waals surface area contributed by atoms with Crippen molar-refractivity contribution in [1.29, 1.82) is 0 Å². The van der Waals surface area contributed by atoms with E-state index in [1.807, 2.05) is 17.5 Å². The number of thioether (sulfide) groups is 1. The topological polar surface area (TPSA) is 88.8 Å². The van der Waals surface area contributed by atoms with Crippen LogP contribution in [0.5, 0.6) is 0 Å². The van der Waals surface area contributed by atoms with Crippen LogP contribution < -0.4 is 11.3 Å². The maximum Gasteiger partial charge on any atom is 0.260 e. The lowest BCUT2D eigenvalue weighted by Gasteiger charge is -2.03. The number of amides is 1. The van der Waals surface area contributed by atoms with Crippen molar-refractivity contribution in [2.45, 2.75) is 24.9 Å². The normalized spacial score (nSPS) is 11.0. The van der Waals surface area contributed by atoms with Crippen LogP contribution >= 0.6 is 23.1 Å². The summed E-state index contributed by atoms with van der Waals surface area (Å²) in [4.78, 5) is 31.3. The molecule has 1 amide bonds. The number of hydrogen-bond acceptors (Lipinski definition) is 5. The molecule has 124 valence electrons. The van der Waals surface area contributed by atoms with Gasteiger partial charge < -0.3 is 10.7 Å². The Hall–Kier alpha value is -2.12. The van der Waals surface area contributed by atoms with Gasteiger partial charge in [0.1, 0.15) is 4.83 Å². The van der Waals surface area contributed by atoms with Crippen molar-refractivity contribution in [1.82, 2.24) is 9.97 Å². The number of carbonyl (C=O) groups is 1. The first-order chi connectivity index (χ1) is 11.6. The van der Waals surface area contributed by atoms with Crippen LogP contribution in [-0.4, -0.2) is 21.6 Å². The van der Waals surface area contributed by atoms with Crippen LogP contribution in [0.3, 0.4) is 0 Å². The Kier molecular flexibility index (Phi) is 5.01. The SMILES string of the molecule is CCc1ccc(-c2csc3nc(SCCC(N)=O)[nH]c(=O)c23)cc1. The third kappa shape index (κ3) is 3.52. The zero-order valence-corrected chi connectivity index (χ0v) is 14.8. The highest BCUT2D eigenvalue weighted by Crippen LogP contribution is 2.31. The quantitative estimate of drug-likeness (QED) is 0.522. The van der Waals surface area contributed by atoms with Crippen LogP contribution in [0.25, 0.3) is 21.3 Å². The Bertz CT molecular complexity index is 929. The van der Waals surface area contributed by atoms with Crippen molar-refractivity contribution in [3.63, 3.8) is 0 Å². The van der Waals surface area contributed by atoms with Crippen molar-refractivity contribution in [3.05, 3.63) is 45.6 Å².